The van der Waals surface area contributed by atoms with E-state index in [0.717, 1.165) is 35.5 Å². The van der Waals surface area contributed by atoms with Gasteiger partial charge in [-0.25, -0.2) is 4.98 Å². The normalized spacial score (nSPS) is 11.1. The number of carbonyl (C=O) groups excluding carboxylic acids is 1. The highest BCUT2D eigenvalue weighted by atomic mass is 35.5. The Morgan fingerprint density at radius 2 is 2.13 bits per heavy atom. The molecule has 3 nitrogen and oxygen atoms in total. The van der Waals surface area contributed by atoms with Gasteiger partial charge in [-0.15, -0.1) is 11.3 Å². The molecular formula is C17H18Cl2N2OS. The second-order valence-electron chi connectivity index (χ2n) is 5.14. The number of halogens is 2. The smallest absolute Gasteiger partial charge is 0.243 e. The minimum Gasteiger partial charge on any atom is -0.353 e. The lowest BCUT2D eigenvalue weighted by molar-refractivity contribution is -0.116. The van der Waals surface area contributed by atoms with Gasteiger partial charge in [-0.2, -0.15) is 0 Å². The summed E-state index contributed by atoms with van der Waals surface area (Å²) in [6.07, 6.45) is 6.14. The van der Waals surface area contributed by atoms with E-state index in [-0.39, 0.29) is 5.91 Å². The van der Waals surface area contributed by atoms with Crippen LogP contribution in [-0.4, -0.2) is 17.4 Å². The first-order chi connectivity index (χ1) is 11.0. The Hall–Kier alpha value is -1.36. The summed E-state index contributed by atoms with van der Waals surface area (Å²) in [5.41, 5.74) is 1.92. The summed E-state index contributed by atoms with van der Waals surface area (Å²) in [6, 6.07) is 5.25. The van der Waals surface area contributed by atoms with Crippen molar-refractivity contribution in [1.82, 2.24) is 10.3 Å². The van der Waals surface area contributed by atoms with Gasteiger partial charge in [0, 0.05) is 23.7 Å². The SMILES string of the molecule is Cc1csc(CCCCNC(=O)/C=C/c2ccc(Cl)c(Cl)c2)n1. The van der Waals surface area contributed by atoms with Gasteiger partial charge in [0.05, 0.1) is 15.1 Å². The van der Waals surface area contributed by atoms with Crippen LogP contribution in [0.15, 0.2) is 29.7 Å². The van der Waals surface area contributed by atoms with Crippen LogP contribution < -0.4 is 5.32 Å². The molecule has 1 amide bonds. The molecule has 1 aromatic carbocycles. The largest absolute Gasteiger partial charge is 0.353 e. The summed E-state index contributed by atoms with van der Waals surface area (Å²) >= 11 is 13.5. The first-order valence-electron chi connectivity index (χ1n) is 7.36. The minimum absolute atomic E-state index is 0.110. The molecule has 6 heteroatoms. The number of hydrogen-bond acceptors (Lipinski definition) is 3. The van der Waals surface area contributed by atoms with Gasteiger partial charge in [0.25, 0.3) is 0 Å². The Bertz CT molecular complexity index is 698. The molecule has 122 valence electrons. The Morgan fingerprint density at radius 3 is 2.83 bits per heavy atom. The maximum absolute atomic E-state index is 11.7. The van der Waals surface area contributed by atoms with Gasteiger partial charge in [0.1, 0.15) is 0 Å². The average molecular weight is 369 g/mol. The van der Waals surface area contributed by atoms with Crippen LogP contribution >= 0.6 is 34.5 Å². The molecule has 23 heavy (non-hydrogen) atoms. The molecule has 0 aliphatic heterocycles. The van der Waals surface area contributed by atoms with Crippen LogP contribution in [-0.2, 0) is 11.2 Å². The lowest BCUT2D eigenvalue weighted by Crippen LogP contribution is -2.22. The number of nitrogens with one attached hydrogen (secondary N) is 1. The molecule has 2 aromatic rings. The standard InChI is InChI=1S/C17H18Cl2N2OS/c1-12-11-23-17(21-12)4-2-3-9-20-16(22)8-6-13-5-7-14(18)15(19)10-13/h5-8,10-11H,2-4,9H2,1H3,(H,20,22)/b8-6+. The molecule has 0 aliphatic carbocycles. The second kappa shape index (κ2) is 9.06. The predicted octanol–water partition coefficient (Wildman–Crippen LogP) is 4.91. The van der Waals surface area contributed by atoms with Gasteiger partial charge >= 0.3 is 0 Å². The summed E-state index contributed by atoms with van der Waals surface area (Å²) in [7, 11) is 0. The van der Waals surface area contributed by atoms with Gasteiger partial charge in [-0.1, -0.05) is 29.3 Å². The fourth-order valence-electron chi connectivity index (χ4n) is 1.98. The fraction of sp³-hybridized carbons (Fsp3) is 0.294. The van der Waals surface area contributed by atoms with E-state index < -0.39 is 0 Å². The van der Waals surface area contributed by atoms with Crippen molar-refractivity contribution < 1.29 is 4.79 Å². The average Bonchev–Trinajstić information content (AvgIpc) is 2.93. The van der Waals surface area contributed by atoms with Crippen molar-refractivity contribution in [3.05, 3.63) is 56.0 Å². The molecule has 1 N–H and O–H groups in total. The van der Waals surface area contributed by atoms with Crippen LogP contribution in [0.25, 0.3) is 6.08 Å². The van der Waals surface area contributed by atoms with E-state index in [1.54, 1.807) is 29.5 Å². The molecule has 1 aromatic heterocycles. The molecule has 0 aliphatic rings. The zero-order valence-corrected chi connectivity index (χ0v) is 15.1. The molecule has 0 bridgehead atoms. The van der Waals surface area contributed by atoms with E-state index in [0.29, 0.717) is 16.6 Å². The summed E-state index contributed by atoms with van der Waals surface area (Å²) in [5, 5.41) is 7.07. The van der Waals surface area contributed by atoms with Gasteiger partial charge in [0.15, 0.2) is 0 Å². The zero-order valence-electron chi connectivity index (χ0n) is 12.8. The monoisotopic (exact) mass is 368 g/mol. The predicted molar refractivity (Wildman–Crippen MR) is 98.3 cm³/mol. The fourth-order valence-corrected chi connectivity index (χ4v) is 3.10. The highest BCUT2D eigenvalue weighted by Gasteiger charge is 2.00. The van der Waals surface area contributed by atoms with E-state index in [1.807, 2.05) is 13.0 Å². The molecule has 0 unspecified atom stereocenters. The highest BCUT2D eigenvalue weighted by Crippen LogP contribution is 2.23. The van der Waals surface area contributed by atoms with Crippen molar-refractivity contribution >= 4 is 46.5 Å². The van der Waals surface area contributed by atoms with Gasteiger partial charge in [-0.05, 0) is 50.0 Å². The number of carbonyl (C=O) groups is 1. The molecule has 2 rings (SSSR count). The molecule has 1 heterocycles. The Kier molecular flexibility index (Phi) is 7.09. The topological polar surface area (TPSA) is 42.0 Å². The van der Waals surface area contributed by atoms with Crippen molar-refractivity contribution in [2.45, 2.75) is 26.2 Å². The number of unbranched alkanes of at least 4 members (excludes halogenated alkanes) is 1. The zero-order chi connectivity index (χ0) is 16.7. The van der Waals surface area contributed by atoms with Crippen LogP contribution in [0.5, 0.6) is 0 Å². The molecule has 0 fully saturated rings. The van der Waals surface area contributed by atoms with Gasteiger partial charge in [0.2, 0.25) is 5.91 Å². The highest BCUT2D eigenvalue weighted by molar-refractivity contribution is 7.09. The molecular weight excluding hydrogens is 351 g/mol. The molecule has 0 saturated heterocycles. The van der Waals surface area contributed by atoms with E-state index in [1.165, 1.54) is 6.08 Å². The van der Waals surface area contributed by atoms with Crippen LogP contribution in [0.1, 0.15) is 29.1 Å². The number of aryl methyl sites for hydroxylation is 2. The van der Waals surface area contributed by atoms with Crippen LogP contribution in [0.4, 0.5) is 0 Å². The quantitative estimate of drug-likeness (QED) is 0.557. The molecule has 0 spiro atoms. The molecule has 0 atom stereocenters. The number of rotatable bonds is 7. The van der Waals surface area contributed by atoms with Crippen LogP contribution in [0, 0.1) is 6.92 Å². The molecule has 0 saturated carbocycles. The molecule has 0 radical (unpaired) electrons. The van der Waals surface area contributed by atoms with Crippen LogP contribution in [0.3, 0.4) is 0 Å². The number of benzene rings is 1. The van der Waals surface area contributed by atoms with Crippen molar-refractivity contribution in [3.8, 4) is 0 Å². The first-order valence-corrected chi connectivity index (χ1v) is 9.00. The van der Waals surface area contributed by atoms with Crippen molar-refractivity contribution in [1.29, 1.82) is 0 Å². The lowest BCUT2D eigenvalue weighted by atomic mass is 10.2. The third kappa shape index (κ3) is 6.34. The maximum Gasteiger partial charge on any atom is 0.243 e. The van der Waals surface area contributed by atoms with Crippen LogP contribution in [0.2, 0.25) is 10.0 Å². The first kappa shape index (κ1) is 18.0. The number of nitrogens with zero attached hydrogens (tertiary/aromatic N) is 1. The van der Waals surface area contributed by atoms with E-state index in [2.05, 4.69) is 15.7 Å². The minimum atomic E-state index is -0.110. The van der Waals surface area contributed by atoms with Gasteiger partial charge < -0.3 is 5.32 Å². The third-order valence-electron chi connectivity index (χ3n) is 3.15. The van der Waals surface area contributed by atoms with Crippen molar-refractivity contribution in [3.63, 3.8) is 0 Å². The maximum atomic E-state index is 11.7. The van der Waals surface area contributed by atoms with Crippen molar-refractivity contribution in [2.75, 3.05) is 6.54 Å². The summed E-state index contributed by atoms with van der Waals surface area (Å²) in [4.78, 5) is 16.2. The lowest BCUT2D eigenvalue weighted by Gasteiger charge is -2.02. The third-order valence-corrected chi connectivity index (χ3v) is 4.92. The number of aromatic nitrogens is 1. The van der Waals surface area contributed by atoms with Crippen molar-refractivity contribution in [2.24, 2.45) is 0 Å². The second-order valence-corrected chi connectivity index (χ2v) is 6.89. The summed E-state index contributed by atoms with van der Waals surface area (Å²) < 4.78 is 0. The Morgan fingerprint density at radius 1 is 1.30 bits per heavy atom. The number of amides is 1. The Labute approximate surface area is 150 Å². The summed E-state index contributed by atoms with van der Waals surface area (Å²) in [6.45, 7) is 2.66. The van der Waals surface area contributed by atoms with E-state index in [9.17, 15) is 4.79 Å². The number of hydrogen-bond donors (Lipinski definition) is 1. The number of thiazole rings is 1. The Balaban J connectivity index is 1.66. The van der Waals surface area contributed by atoms with E-state index in [4.69, 9.17) is 23.2 Å². The summed E-state index contributed by atoms with van der Waals surface area (Å²) in [5.74, 6) is -0.110. The van der Waals surface area contributed by atoms with Gasteiger partial charge in [-0.3, -0.25) is 4.79 Å². The van der Waals surface area contributed by atoms with E-state index >= 15 is 0 Å².